The van der Waals surface area contributed by atoms with Gasteiger partial charge in [0.15, 0.2) is 6.29 Å². The van der Waals surface area contributed by atoms with Crippen molar-refractivity contribution in [3.05, 3.63) is 0 Å². The first-order valence-corrected chi connectivity index (χ1v) is 7.62. The fourth-order valence-electron chi connectivity index (χ4n) is 2.18. The molecule has 9 atom stereocenters. The van der Waals surface area contributed by atoms with Gasteiger partial charge in [-0.05, 0) is 6.92 Å². The predicted molar refractivity (Wildman–Crippen MR) is 76.5 cm³/mol. The van der Waals surface area contributed by atoms with Gasteiger partial charge in [0.05, 0.1) is 19.3 Å². The molecule has 1 aliphatic rings. The van der Waals surface area contributed by atoms with Crippen LogP contribution in [0.25, 0.3) is 0 Å². The number of hydrogen-bond acceptors (Lipinski definition) is 12. The van der Waals surface area contributed by atoms with Gasteiger partial charge in [0.25, 0.3) is 0 Å². The highest BCUT2D eigenvalue weighted by Gasteiger charge is 2.45. The molecule has 12 heteroatoms. The van der Waals surface area contributed by atoms with Crippen molar-refractivity contribution < 1.29 is 60.1 Å². The zero-order valence-electron chi connectivity index (χ0n) is 13.5. The number of aliphatic hydroxyl groups excluding tert-OH is 8. The van der Waals surface area contributed by atoms with E-state index in [2.05, 4.69) is 9.78 Å². The normalized spacial score (nSPS) is 33.0. The second-order valence-corrected chi connectivity index (χ2v) is 5.62. The average molecular weight is 374 g/mol. The van der Waals surface area contributed by atoms with Crippen LogP contribution in [0.5, 0.6) is 0 Å². The molecule has 8 N–H and O–H groups in total. The molecule has 1 heterocycles. The third-order valence-corrected chi connectivity index (χ3v) is 3.57. The van der Waals surface area contributed by atoms with Crippen LogP contribution in [0.1, 0.15) is 6.92 Å². The molecule has 9 unspecified atom stereocenters. The second-order valence-electron chi connectivity index (χ2n) is 5.62. The van der Waals surface area contributed by atoms with E-state index >= 15 is 0 Å². The van der Waals surface area contributed by atoms with E-state index in [0.717, 1.165) is 0 Å². The van der Waals surface area contributed by atoms with Crippen molar-refractivity contribution in [3.63, 3.8) is 0 Å². The van der Waals surface area contributed by atoms with Crippen LogP contribution in [0.2, 0.25) is 0 Å². The molecular weight excluding hydrogens is 348 g/mol. The highest BCUT2D eigenvalue weighted by molar-refractivity contribution is 4.89. The van der Waals surface area contributed by atoms with Gasteiger partial charge in [-0.1, -0.05) is 0 Å². The van der Waals surface area contributed by atoms with Crippen molar-refractivity contribution in [1.82, 2.24) is 0 Å². The molecule has 1 aliphatic heterocycles. The lowest BCUT2D eigenvalue weighted by atomic mass is 10.1. The van der Waals surface area contributed by atoms with Crippen LogP contribution in [-0.4, -0.2) is 116 Å². The molecular formula is C13H26O12. The summed E-state index contributed by atoms with van der Waals surface area (Å²) in [5.74, 6) is 0. The molecule has 12 nitrogen and oxygen atoms in total. The zero-order chi connectivity index (χ0) is 19.1. The topological polar surface area (TPSA) is 199 Å². The molecule has 0 radical (unpaired) electrons. The van der Waals surface area contributed by atoms with Crippen LogP contribution in [0, 0.1) is 0 Å². The zero-order valence-corrected chi connectivity index (χ0v) is 13.5. The monoisotopic (exact) mass is 374 g/mol. The lowest BCUT2D eigenvalue weighted by molar-refractivity contribution is -0.403. The van der Waals surface area contributed by atoms with E-state index in [1.165, 1.54) is 6.92 Å². The minimum Gasteiger partial charge on any atom is -0.394 e. The summed E-state index contributed by atoms with van der Waals surface area (Å²) < 4.78 is 9.85. The molecule has 0 spiro atoms. The van der Waals surface area contributed by atoms with E-state index in [-0.39, 0.29) is 0 Å². The maximum absolute atomic E-state index is 9.81. The van der Waals surface area contributed by atoms with Gasteiger partial charge in [-0.2, -0.15) is 0 Å². The molecule has 0 aromatic heterocycles. The Balaban J connectivity index is 2.44. The van der Waals surface area contributed by atoms with Gasteiger partial charge in [0.2, 0.25) is 6.29 Å². The Labute approximate surface area is 143 Å². The SMILES string of the molecule is CC(O)C(OC(CO)OOCC(O)C1OC(O)C(O)C1O)C(O)CO. The van der Waals surface area contributed by atoms with Gasteiger partial charge in [-0.3, -0.25) is 0 Å². The van der Waals surface area contributed by atoms with Crippen molar-refractivity contribution in [2.75, 3.05) is 19.8 Å². The fourth-order valence-corrected chi connectivity index (χ4v) is 2.18. The van der Waals surface area contributed by atoms with Crippen LogP contribution in [0.15, 0.2) is 0 Å². The van der Waals surface area contributed by atoms with Crippen LogP contribution >= 0.6 is 0 Å². The van der Waals surface area contributed by atoms with Crippen molar-refractivity contribution in [2.24, 2.45) is 0 Å². The number of rotatable bonds is 11. The first-order chi connectivity index (χ1) is 11.7. The van der Waals surface area contributed by atoms with Crippen molar-refractivity contribution >= 4 is 0 Å². The van der Waals surface area contributed by atoms with Gasteiger partial charge in [0.1, 0.15) is 43.2 Å². The Morgan fingerprint density at radius 1 is 1.00 bits per heavy atom. The van der Waals surface area contributed by atoms with Crippen molar-refractivity contribution in [3.8, 4) is 0 Å². The summed E-state index contributed by atoms with van der Waals surface area (Å²) in [5.41, 5.74) is 0. The highest BCUT2D eigenvalue weighted by atomic mass is 17.2. The number of hydrogen-bond donors (Lipinski definition) is 8. The number of aliphatic hydroxyl groups is 8. The maximum Gasteiger partial charge on any atom is 0.214 e. The molecule has 1 rings (SSSR count). The summed E-state index contributed by atoms with van der Waals surface area (Å²) in [6.45, 7) is -0.729. The summed E-state index contributed by atoms with van der Waals surface area (Å²) >= 11 is 0. The number of ether oxygens (including phenoxy) is 2. The van der Waals surface area contributed by atoms with E-state index in [9.17, 15) is 30.6 Å². The molecule has 0 aliphatic carbocycles. The van der Waals surface area contributed by atoms with Crippen LogP contribution in [0.4, 0.5) is 0 Å². The molecule has 0 aromatic rings. The first kappa shape index (κ1) is 22.6. The van der Waals surface area contributed by atoms with Gasteiger partial charge in [0, 0.05) is 0 Å². The van der Waals surface area contributed by atoms with Crippen LogP contribution < -0.4 is 0 Å². The fraction of sp³-hybridized carbons (Fsp3) is 1.00. The summed E-state index contributed by atoms with van der Waals surface area (Å²) in [6.07, 6.45) is -13.0. The lowest BCUT2D eigenvalue weighted by Crippen LogP contribution is -2.44. The predicted octanol–water partition coefficient (Wildman–Crippen LogP) is -4.83. The van der Waals surface area contributed by atoms with Gasteiger partial charge in [-0.15, -0.1) is 0 Å². The van der Waals surface area contributed by atoms with Crippen LogP contribution in [0.3, 0.4) is 0 Å². The van der Waals surface area contributed by atoms with Crippen molar-refractivity contribution in [2.45, 2.75) is 62.2 Å². The van der Waals surface area contributed by atoms with E-state index in [1.54, 1.807) is 0 Å². The molecule has 150 valence electrons. The lowest BCUT2D eigenvalue weighted by Gasteiger charge is -2.28. The Bertz CT molecular complexity index is 369. The Morgan fingerprint density at radius 3 is 2.08 bits per heavy atom. The Morgan fingerprint density at radius 2 is 1.64 bits per heavy atom. The summed E-state index contributed by atoms with van der Waals surface area (Å²) in [7, 11) is 0. The second kappa shape index (κ2) is 10.6. The molecule has 1 fully saturated rings. The molecule has 25 heavy (non-hydrogen) atoms. The first-order valence-electron chi connectivity index (χ1n) is 7.62. The largest absolute Gasteiger partial charge is 0.394 e. The van der Waals surface area contributed by atoms with E-state index < -0.39 is 75.1 Å². The molecule has 0 bridgehead atoms. The van der Waals surface area contributed by atoms with E-state index in [0.29, 0.717) is 0 Å². The highest BCUT2D eigenvalue weighted by Crippen LogP contribution is 2.22. The van der Waals surface area contributed by atoms with Gasteiger partial charge in [-0.25, -0.2) is 9.78 Å². The summed E-state index contributed by atoms with van der Waals surface area (Å²) in [6, 6.07) is 0. The summed E-state index contributed by atoms with van der Waals surface area (Å²) in [4.78, 5) is 9.35. The molecule has 0 amide bonds. The minimum atomic E-state index is -1.66. The van der Waals surface area contributed by atoms with Crippen LogP contribution in [-0.2, 0) is 19.2 Å². The Hall–Kier alpha value is -0.480. The third-order valence-electron chi connectivity index (χ3n) is 3.57. The van der Waals surface area contributed by atoms with E-state index in [4.69, 9.17) is 19.7 Å². The summed E-state index contributed by atoms with van der Waals surface area (Å²) in [5, 5.41) is 75.0. The standard InChI is InChI=1S/C13H26O12/c1-5(16)11(6(17)2-14)23-8(3-15)25-22-4-7(18)12-9(19)10(20)13(21)24-12/h5-21H,2-4H2,1H3. The maximum atomic E-state index is 9.81. The molecule has 0 aromatic carbocycles. The Kier molecular flexibility index (Phi) is 9.58. The smallest absolute Gasteiger partial charge is 0.214 e. The van der Waals surface area contributed by atoms with E-state index in [1.807, 2.05) is 0 Å². The van der Waals surface area contributed by atoms with Gasteiger partial charge < -0.3 is 50.3 Å². The van der Waals surface area contributed by atoms with Gasteiger partial charge >= 0.3 is 0 Å². The third kappa shape index (κ3) is 6.32. The van der Waals surface area contributed by atoms with Crippen molar-refractivity contribution in [1.29, 1.82) is 0 Å². The molecule has 0 saturated carbocycles. The minimum absolute atomic E-state index is 0.580. The quantitative estimate of drug-likeness (QED) is 0.0976. The molecule has 1 saturated heterocycles. The average Bonchev–Trinajstić information content (AvgIpc) is 2.84.